The van der Waals surface area contributed by atoms with E-state index in [1.165, 1.54) is 25.9 Å². The Hall–Kier alpha value is -1.16. The summed E-state index contributed by atoms with van der Waals surface area (Å²) in [6.45, 7) is 4.45. The fraction of sp³-hybridized carbons (Fsp3) is 0.667. The number of anilines is 1. The van der Waals surface area contributed by atoms with Gasteiger partial charge in [0.15, 0.2) is 0 Å². The summed E-state index contributed by atoms with van der Waals surface area (Å²) in [5.41, 5.74) is 1.10. The highest BCUT2D eigenvalue weighted by molar-refractivity contribution is 5.36. The van der Waals surface area contributed by atoms with E-state index in [4.69, 9.17) is 0 Å². The van der Waals surface area contributed by atoms with Crippen molar-refractivity contribution in [3.63, 3.8) is 0 Å². The van der Waals surface area contributed by atoms with E-state index in [9.17, 15) is 0 Å². The van der Waals surface area contributed by atoms with E-state index in [1.54, 1.807) is 6.33 Å². The summed E-state index contributed by atoms with van der Waals surface area (Å²) in [5, 5.41) is 3.50. The van der Waals surface area contributed by atoms with E-state index in [1.807, 2.05) is 0 Å². The maximum atomic E-state index is 4.26. The Kier molecular flexibility index (Phi) is 3.72. The summed E-state index contributed by atoms with van der Waals surface area (Å²) >= 11 is 0. The molecule has 0 aromatic carbocycles. The van der Waals surface area contributed by atoms with Gasteiger partial charge in [0.25, 0.3) is 0 Å². The molecule has 1 aromatic heterocycles. The molecular weight excluding hydrogens is 200 g/mol. The molecule has 0 amide bonds. The van der Waals surface area contributed by atoms with Crippen LogP contribution in [0.15, 0.2) is 12.4 Å². The number of aryl methyl sites for hydroxylation is 1. The molecule has 0 saturated carbocycles. The molecule has 88 valence electrons. The van der Waals surface area contributed by atoms with Crippen LogP contribution in [0.5, 0.6) is 0 Å². The lowest BCUT2D eigenvalue weighted by molar-refractivity contribution is 0.263. The summed E-state index contributed by atoms with van der Waals surface area (Å²) in [7, 11) is 2.18. The van der Waals surface area contributed by atoms with Crippen LogP contribution in [0.1, 0.15) is 25.5 Å². The third kappa shape index (κ3) is 2.92. The molecule has 1 N–H and O–H groups in total. The minimum Gasteiger partial charge on any atom is -0.367 e. The van der Waals surface area contributed by atoms with Crippen molar-refractivity contribution in [2.24, 2.45) is 0 Å². The lowest BCUT2D eigenvalue weighted by Crippen LogP contribution is -2.36. The molecule has 1 saturated heterocycles. The number of hydrogen-bond acceptors (Lipinski definition) is 4. The van der Waals surface area contributed by atoms with Crippen LogP contribution < -0.4 is 5.32 Å². The zero-order valence-corrected chi connectivity index (χ0v) is 10.1. The largest absolute Gasteiger partial charge is 0.367 e. The van der Waals surface area contributed by atoms with Crippen LogP contribution in [0.2, 0.25) is 0 Å². The summed E-state index contributed by atoms with van der Waals surface area (Å²) in [4.78, 5) is 10.8. The van der Waals surface area contributed by atoms with Gasteiger partial charge < -0.3 is 10.2 Å². The lowest BCUT2D eigenvalue weighted by Gasteiger charge is -2.29. The van der Waals surface area contributed by atoms with Crippen LogP contribution in [0.3, 0.4) is 0 Å². The Labute approximate surface area is 97.1 Å². The second-order valence-corrected chi connectivity index (χ2v) is 4.47. The Morgan fingerprint density at radius 3 is 2.81 bits per heavy atom. The van der Waals surface area contributed by atoms with Crippen LogP contribution in [0.25, 0.3) is 0 Å². The van der Waals surface area contributed by atoms with Crippen LogP contribution >= 0.6 is 0 Å². The number of likely N-dealkylation sites (tertiary alicyclic amines) is 1. The molecule has 2 rings (SSSR count). The zero-order chi connectivity index (χ0) is 11.4. The van der Waals surface area contributed by atoms with Crippen molar-refractivity contribution < 1.29 is 0 Å². The average molecular weight is 220 g/mol. The van der Waals surface area contributed by atoms with Crippen molar-refractivity contribution in [1.82, 2.24) is 14.9 Å². The Balaban J connectivity index is 1.93. The van der Waals surface area contributed by atoms with Gasteiger partial charge in [-0.25, -0.2) is 9.97 Å². The molecule has 1 aromatic rings. The van der Waals surface area contributed by atoms with E-state index in [2.05, 4.69) is 40.2 Å². The van der Waals surface area contributed by atoms with Crippen LogP contribution in [0, 0.1) is 0 Å². The van der Waals surface area contributed by atoms with Gasteiger partial charge in [0.2, 0.25) is 0 Å². The second kappa shape index (κ2) is 5.25. The van der Waals surface area contributed by atoms with Gasteiger partial charge in [-0.05, 0) is 39.4 Å². The van der Waals surface area contributed by atoms with Crippen molar-refractivity contribution in [3.05, 3.63) is 18.1 Å². The minimum absolute atomic E-state index is 0.566. The molecule has 0 bridgehead atoms. The van der Waals surface area contributed by atoms with Gasteiger partial charge in [-0.3, -0.25) is 0 Å². The highest BCUT2D eigenvalue weighted by atomic mass is 15.1. The first-order valence-corrected chi connectivity index (χ1v) is 6.04. The molecular formula is C12H20N4. The van der Waals surface area contributed by atoms with E-state index < -0.39 is 0 Å². The number of nitrogens with one attached hydrogen (secondary N) is 1. The summed E-state index contributed by atoms with van der Waals surface area (Å²) in [6, 6.07) is 2.62. The van der Waals surface area contributed by atoms with Crippen LogP contribution in [-0.4, -0.2) is 41.0 Å². The molecule has 0 radical (unpaired) electrons. The van der Waals surface area contributed by atoms with Gasteiger partial charge in [-0.2, -0.15) is 0 Å². The number of piperidine rings is 1. The predicted octanol–water partition coefficient (Wildman–Crippen LogP) is 1.55. The summed E-state index contributed by atoms with van der Waals surface area (Å²) in [5.74, 6) is 0.974. The van der Waals surface area contributed by atoms with Crippen molar-refractivity contribution in [1.29, 1.82) is 0 Å². The summed E-state index contributed by atoms with van der Waals surface area (Å²) < 4.78 is 0. The molecule has 0 atom stereocenters. The van der Waals surface area contributed by atoms with Gasteiger partial charge in [0.1, 0.15) is 12.1 Å². The predicted molar refractivity (Wildman–Crippen MR) is 65.6 cm³/mol. The SMILES string of the molecule is CCc1cc(NC2CCN(C)CC2)ncn1. The summed E-state index contributed by atoms with van der Waals surface area (Å²) in [6.07, 6.45) is 5.00. The van der Waals surface area contributed by atoms with Crippen molar-refractivity contribution in [2.75, 3.05) is 25.5 Å². The number of nitrogens with zero attached hydrogens (tertiary/aromatic N) is 3. The minimum atomic E-state index is 0.566. The fourth-order valence-electron chi connectivity index (χ4n) is 2.03. The first-order chi connectivity index (χ1) is 7.78. The molecule has 0 aliphatic carbocycles. The zero-order valence-electron chi connectivity index (χ0n) is 10.1. The van der Waals surface area contributed by atoms with Gasteiger partial charge in [0, 0.05) is 17.8 Å². The molecule has 16 heavy (non-hydrogen) atoms. The van der Waals surface area contributed by atoms with Gasteiger partial charge in [-0.15, -0.1) is 0 Å². The smallest absolute Gasteiger partial charge is 0.129 e. The maximum absolute atomic E-state index is 4.26. The highest BCUT2D eigenvalue weighted by Gasteiger charge is 2.16. The fourth-order valence-corrected chi connectivity index (χ4v) is 2.03. The molecule has 4 heteroatoms. The molecule has 1 aliphatic rings. The monoisotopic (exact) mass is 220 g/mol. The molecule has 0 unspecified atom stereocenters. The first-order valence-electron chi connectivity index (χ1n) is 6.04. The molecule has 0 spiro atoms. The molecule has 1 aliphatic heterocycles. The third-order valence-electron chi connectivity index (χ3n) is 3.16. The number of hydrogen-bond donors (Lipinski definition) is 1. The number of rotatable bonds is 3. The van der Waals surface area contributed by atoms with E-state index in [0.717, 1.165) is 17.9 Å². The normalized spacial score (nSPS) is 18.6. The standard InChI is InChI=1S/C12H20N4/c1-3-10-8-12(14-9-13-10)15-11-4-6-16(2)7-5-11/h8-9,11H,3-7H2,1-2H3,(H,13,14,15). The number of aromatic nitrogens is 2. The maximum Gasteiger partial charge on any atom is 0.129 e. The van der Waals surface area contributed by atoms with Crippen molar-refractivity contribution >= 4 is 5.82 Å². The average Bonchev–Trinajstić information content (AvgIpc) is 2.32. The van der Waals surface area contributed by atoms with E-state index in [0.29, 0.717) is 6.04 Å². The Morgan fingerprint density at radius 1 is 1.38 bits per heavy atom. The Bertz CT molecular complexity index is 332. The third-order valence-corrected chi connectivity index (χ3v) is 3.16. The van der Waals surface area contributed by atoms with E-state index in [-0.39, 0.29) is 0 Å². The van der Waals surface area contributed by atoms with E-state index >= 15 is 0 Å². The quantitative estimate of drug-likeness (QED) is 0.839. The molecule has 2 heterocycles. The molecule has 1 fully saturated rings. The van der Waals surface area contributed by atoms with Crippen LogP contribution in [0.4, 0.5) is 5.82 Å². The van der Waals surface area contributed by atoms with Gasteiger partial charge >= 0.3 is 0 Å². The highest BCUT2D eigenvalue weighted by Crippen LogP contribution is 2.14. The lowest BCUT2D eigenvalue weighted by atomic mass is 10.1. The topological polar surface area (TPSA) is 41.0 Å². The Morgan fingerprint density at radius 2 is 2.12 bits per heavy atom. The molecule has 4 nitrogen and oxygen atoms in total. The van der Waals surface area contributed by atoms with Crippen molar-refractivity contribution in [3.8, 4) is 0 Å². The van der Waals surface area contributed by atoms with Gasteiger partial charge in [-0.1, -0.05) is 6.92 Å². The first kappa shape index (κ1) is 11.3. The van der Waals surface area contributed by atoms with Crippen LogP contribution in [-0.2, 0) is 6.42 Å². The van der Waals surface area contributed by atoms with Crippen molar-refractivity contribution in [2.45, 2.75) is 32.2 Å². The van der Waals surface area contributed by atoms with Gasteiger partial charge in [0.05, 0.1) is 0 Å². The second-order valence-electron chi connectivity index (χ2n) is 4.47.